The first-order valence-electron chi connectivity index (χ1n) is 6.71. The predicted molar refractivity (Wildman–Crippen MR) is 79.6 cm³/mol. The highest BCUT2D eigenvalue weighted by Crippen LogP contribution is 2.27. The third kappa shape index (κ3) is 3.42. The Morgan fingerprint density at radius 2 is 1.86 bits per heavy atom. The van der Waals surface area contributed by atoms with Crippen LogP contribution in [0, 0.1) is 6.92 Å². The Morgan fingerprint density at radius 1 is 1.19 bits per heavy atom. The second-order valence-electron chi connectivity index (χ2n) is 5.93. The molecule has 0 unspecified atom stereocenters. The Kier molecular flexibility index (Phi) is 3.77. The highest BCUT2D eigenvalue weighted by molar-refractivity contribution is 5.92. The SMILES string of the molecule is CC(=O)Oc1cc(C)c2ccn(C(=O)OC(C)(C)C)c2c1. The third-order valence-electron chi connectivity index (χ3n) is 2.84. The fraction of sp³-hybridized carbons (Fsp3) is 0.375. The maximum absolute atomic E-state index is 12.2. The highest BCUT2D eigenvalue weighted by atomic mass is 16.6. The molecule has 0 aliphatic rings. The van der Waals surface area contributed by atoms with E-state index in [9.17, 15) is 9.59 Å². The van der Waals surface area contributed by atoms with Gasteiger partial charge in [-0.3, -0.25) is 9.36 Å². The second kappa shape index (κ2) is 5.24. The van der Waals surface area contributed by atoms with Crippen molar-refractivity contribution in [2.24, 2.45) is 0 Å². The fourth-order valence-corrected chi connectivity index (χ4v) is 2.09. The van der Waals surface area contributed by atoms with E-state index in [1.54, 1.807) is 18.3 Å². The van der Waals surface area contributed by atoms with Gasteiger partial charge < -0.3 is 9.47 Å². The lowest BCUT2D eigenvalue weighted by Gasteiger charge is -2.19. The molecule has 0 fully saturated rings. The zero-order valence-corrected chi connectivity index (χ0v) is 12.9. The van der Waals surface area contributed by atoms with Gasteiger partial charge in [0.1, 0.15) is 11.4 Å². The Bertz CT molecular complexity index is 707. The molecule has 0 saturated carbocycles. The van der Waals surface area contributed by atoms with Crippen molar-refractivity contribution < 1.29 is 19.1 Å². The molecular weight excluding hydrogens is 270 g/mol. The molecule has 5 heteroatoms. The summed E-state index contributed by atoms with van der Waals surface area (Å²) in [6, 6.07) is 5.27. The van der Waals surface area contributed by atoms with Crippen LogP contribution in [-0.4, -0.2) is 22.2 Å². The van der Waals surface area contributed by atoms with E-state index in [1.165, 1.54) is 11.5 Å². The number of benzene rings is 1. The minimum absolute atomic E-state index is 0.399. The van der Waals surface area contributed by atoms with E-state index in [0.717, 1.165) is 10.9 Å². The molecule has 0 saturated heterocycles. The number of aromatic nitrogens is 1. The van der Waals surface area contributed by atoms with Gasteiger partial charge in [0.05, 0.1) is 5.52 Å². The van der Waals surface area contributed by atoms with Crippen LogP contribution < -0.4 is 4.74 Å². The van der Waals surface area contributed by atoms with Gasteiger partial charge in [-0.1, -0.05) is 0 Å². The largest absolute Gasteiger partial charge is 0.443 e. The number of carbonyl (C=O) groups is 2. The molecule has 2 rings (SSSR count). The summed E-state index contributed by atoms with van der Waals surface area (Å²) in [5.41, 5.74) is 1.00. The predicted octanol–water partition coefficient (Wildman–Crippen LogP) is 3.66. The van der Waals surface area contributed by atoms with Crippen molar-refractivity contribution in [3.05, 3.63) is 30.0 Å². The lowest BCUT2D eigenvalue weighted by Crippen LogP contribution is -2.26. The molecule has 0 N–H and O–H groups in total. The van der Waals surface area contributed by atoms with Crippen molar-refractivity contribution in [1.29, 1.82) is 0 Å². The number of hydrogen-bond donors (Lipinski definition) is 0. The zero-order chi connectivity index (χ0) is 15.8. The first kappa shape index (κ1) is 15.1. The van der Waals surface area contributed by atoms with Crippen LogP contribution in [0.1, 0.15) is 33.3 Å². The van der Waals surface area contributed by atoms with E-state index in [4.69, 9.17) is 9.47 Å². The molecule has 0 atom stereocenters. The molecule has 1 aromatic carbocycles. The van der Waals surface area contributed by atoms with Crippen molar-refractivity contribution in [2.75, 3.05) is 0 Å². The van der Waals surface area contributed by atoms with Crippen LogP contribution in [0.4, 0.5) is 4.79 Å². The molecule has 0 aliphatic heterocycles. The minimum Gasteiger partial charge on any atom is -0.443 e. The van der Waals surface area contributed by atoms with Crippen LogP contribution in [0.5, 0.6) is 5.75 Å². The quantitative estimate of drug-likeness (QED) is 0.594. The second-order valence-corrected chi connectivity index (χ2v) is 5.93. The van der Waals surface area contributed by atoms with Crippen LogP contribution in [0.3, 0.4) is 0 Å². The number of rotatable bonds is 1. The highest BCUT2D eigenvalue weighted by Gasteiger charge is 2.19. The van der Waals surface area contributed by atoms with Crippen molar-refractivity contribution >= 4 is 23.0 Å². The van der Waals surface area contributed by atoms with Crippen molar-refractivity contribution in [3.63, 3.8) is 0 Å². The lowest BCUT2D eigenvalue weighted by molar-refractivity contribution is -0.131. The summed E-state index contributed by atoms with van der Waals surface area (Å²) in [7, 11) is 0. The minimum atomic E-state index is -0.573. The molecule has 0 aliphatic carbocycles. The van der Waals surface area contributed by atoms with Gasteiger partial charge in [0.2, 0.25) is 0 Å². The number of aryl methyl sites for hydroxylation is 1. The van der Waals surface area contributed by atoms with E-state index in [0.29, 0.717) is 11.3 Å². The monoisotopic (exact) mass is 289 g/mol. The maximum Gasteiger partial charge on any atom is 0.418 e. The van der Waals surface area contributed by atoms with Gasteiger partial charge in [0.25, 0.3) is 0 Å². The molecular formula is C16H19NO4. The standard InChI is InChI=1S/C16H19NO4/c1-10-8-12(20-11(2)18)9-14-13(10)6-7-17(14)15(19)21-16(3,4)5/h6-9H,1-5H3. The molecule has 1 aromatic heterocycles. The first-order chi connectivity index (χ1) is 9.67. The van der Waals surface area contributed by atoms with Gasteiger partial charge in [0.15, 0.2) is 0 Å². The van der Waals surface area contributed by atoms with Gasteiger partial charge in [-0.25, -0.2) is 4.79 Å². The Balaban J connectivity index is 2.48. The topological polar surface area (TPSA) is 57.5 Å². The van der Waals surface area contributed by atoms with Crippen LogP contribution in [0.2, 0.25) is 0 Å². The van der Waals surface area contributed by atoms with E-state index >= 15 is 0 Å². The third-order valence-corrected chi connectivity index (χ3v) is 2.84. The molecule has 5 nitrogen and oxygen atoms in total. The van der Waals surface area contributed by atoms with E-state index in [2.05, 4.69) is 0 Å². The lowest BCUT2D eigenvalue weighted by atomic mass is 10.1. The van der Waals surface area contributed by atoms with E-state index in [1.807, 2.05) is 33.8 Å². The first-order valence-corrected chi connectivity index (χ1v) is 6.71. The summed E-state index contributed by atoms with van der Waals surface area (Å²) in [4.78, 5) is 23.3. The molecule has 112 valence electrons. The van der Waals surface area contributed by atoms with Crippen molar-refractivity contribution in [1.82, 2.24) is 4.57 Å². The number of ether oxygens (including phenoxy) is 2. The molecule has 0 spiro atoms. The molecule has 1 heterocycles. The van der Waals surface area contributed by atoms with E-state index in [-0.39, 0.29) is 0 Å². The van der Waals surface area contributed by atoms with E-state index < -0.39 is 17.7 Å². The summed E-state index contributed by atoms with van der Waals surface area (Å²) in [6.07, 6.45) is 1.19. The molecule has 0 bridgehead atoms. The number of nitrogens with zero attached hydrogens (tertiary/aromatic N) is 1. The number of carbonyl (C=O) groups excluding carboxylic acids is 2. The van der Waals surface area contributed by atoms with Gasteiger partial charge in [0, 0.05) is 24.6 Å². The van der Waals surface area contributed by atoms with Crippen LogP contribution in [0.25, 0.3) is 10.9 Å². The number of esters is 1. The Morgan fingerprint density at radius 3 is 2.43 bits per heavy atom. The number of hydrogen-bond acceptors (Lipinski definition) is 4. The van der Waals surface area contributed by atoms with Crippen LogP contribution in [0.15, 0.2) is 24.4 Å². The molecule has 0 amide bonds. The summed E-state index contributed by atoms with van der Waals surface area (Å²) >= 11 is 0. The molecule has 2 aromatic rings. The van der Waals surface area contributed by atoms with Crippen molar-refractivity contribution in [2.45, 2.75) is 40.2 Å². The fourth-order valence-electron chi connectivity index (χ4n) is 2.09. The summed E-state index contributed by atoms with van der Waals surface area (Å²) in [6.45, 7) is 8.67. The smallest absolute Gasteiger partial charge is 0.418 e. The summed E-state index contributed by atoms with van der Waals surface area (Å²) in [5.74, 6) is 0.0140. The van der Waals surface area contributed by atoms with Crippen LogP contribution in [-0.2, 0) is 9.53 Å². The molecule has 21 heavy (non-hydrogen) atoms. The molecule has 0 radical (unpaired) electrons. The Hall–Kier alpha value is -2.30. The van der Waals surface area contributed by atoms with Gasteiger partial charge in [-0.2, -0.15) is 0 Å². The average molecular weight is 289 g/mol. The summed E-state index contributed by atoms with van der Waals surface area (Å²) < 4.78 is 11.9. The van der Waals surface area contributed by atoms with Gasteiger partial charge in [-0.05, 0) is 45.4 Å². The average Bonchev–Trinajstić information content (AvgIpc) is 2.69. The van der Waals surface area contributed by atoms with Crippen LogP contribution >= 0.6 is 0 Å². The number of fused-ring (bicyclic) bond motifs is 1. The van der Waals surface area contributed by atoms with Crippen molar-refractivity contribution in [3.8, 4) is 5.75 Å². The maximum atomic E-state index is 12.2. The zero-order valence-electron chi connectivity index (χ0n) is 12.9. The van der Waals surface area contributed by atoms with Gasteiger partial charge >= 0.3 is 12.1 Å². The normalized spacial score (nSPS) is 11.5. The van der Waals surface area contributed by atoms with Gasteiger partial charge in [-0.15, -0.1) is 0 Å². The summed E-state index contributed by atoms with van der Waals surface area (Å²) in [5, 5.41) is 0.914. The Labute approximate surface area is 123 Å².